The number of rotatable bonds is 4. The summed E-state index contributed by atoms with van der Waals surface area (Å²) in [5.41, 5.74) is 1.13. The molecule has 1 aromatic carbocycles. The van der Waals surface area contributed by atoms with Crippen molar-refractivity contribution in [3.8, 4) is 5.75 Å². The summed E-state index contributed by atoms with van der Waals surface area (Å²) in [6.45, 7) is 0.917. The molecule has 2 aromatic rings. The van der Waals surface area contributed by atoms with Crippen molar-refractivity contribution in [1.29, 1.82) is 0 Å². The first-order chi connectivity index (χ1) is 10.0. The zero-order valence-electron chi connectivity index (χ0n) is 11.1. The number of benzene rings is 1. The van der Waals surface area contributed by atoms with E-state index in [0.717, 1.165) is 21.5 Å². The van der Waals surface area contributed by atoms with Crippen LogP contribution >= 0.6 is 27.3 Å². The first-order valence-electron chi connectivity index (χ1n) is 6.50. The average molecular weight is 388 g/mol. The Morgan fingerprint density at radius 3 is 2.86 bits per heavy atom. The fourth-order valence-electron chi connectivity index (χ4n) is 2.26. The number of hydrogen-bond acceptors (Lipinski definition) is 4. The molecule has 0 radical (unpaired) electrons. The molecule has 1 aliphatic rings. The molecular formula is C14H14BrNO3S2. The number of thiophene rings is 1. The third-order valence-electron chi connectivity index (χ3n) is 3.33. The summed E-state index contributed by atoms with van der Waals surface area (Å²) >= 11 is 4.48. The van der Waals surface area contributed by atoms with Crippen LogP contribution in [0.2, 0.25) is 0 Å². The van der Waals surface area contributed by atoms with Crippen molar-refractivity contribution in [2.75, 3.05) is 13.2 Å². The lowest BCUT2D eigenvalue weighted by Gasteiger charge is -2.25. The van der Waals surface area contributed by atoms with Crippen molar-refractivity contribution < 1.29 is 13.2 Å². The summed E-state index contributed by atoms with van der Waals surface area (Å²) in [4.78, 5) is 0. The van der Waals surface area contributed by atoms with Crippen LogP contribution in [0.25, 0.3) is 0 Å². The van der Waals surface area contributed by atoms with E-state index in [9.17, 15) is 8.42 Å². The SMILES string of the molecule is O=S(=O)(NCC1COc2ccccc2C1)c1ccc(Br)s1. The minimum Gasteiger partial charge on any atom is -0.493 e. The van der Waals surface area contributed by atoms with Crippen LogP contribution in [0.5, 0.6) is 5.75 Å². The Bertz CT molecular complexity index is 742. The molecule has 0 saturated heterocycles. The maximum atomic E-state index is 12.2. The third kappa shape index (κ3) is 3.48. The van der Waals surface area contributed by atoms with Crippen LogP contribution in [-0.4, -0.2) is 21.6 Å². The van der Waals surface area contributed by atoms with E-state index in [1.807, 2.05) is 24.3 Å². The van der Waals surface area contributed by atoms with Gasteiger partial charge in [0.15, 0.2) is 0 Å². The van der Waals surface area contributed by atoms with Crippen LogP contribution in [0.4, 0.5) is 0 Å². The van der Waals surface area contributed by atoms with Crippen molar-refractivity contribution in [3.63, 3.8) is 0 Å². The third-order valence-corrected chi connectivity index (χ3v) is 6.87. The van der Waals surface area contributed by atoms with E-state index < -0.39 is 10.0 Å². The zero-order chi connectivity index (χ0) is 14.9. The molecule has 1 N–H and O–H groups in total. The van der Waals surface area contributed by atoms with Gasteiger partial charge in [0.05, 0.1) is 10.4 Å². The van der Waals surface area contributed by atoms with Gasteiger partial charge in [0.25, 0.3) is 0 Å². The monoisotopic (exact) mass is 387 g/mol. The molecule has 1 unspecified atom stereocenters. The normalized spacial score (nSPS) is 18.0. The number of para-hydroxylation sites is 1. The summed E-state index contributed by atoms with van der Waals surface area (Å²) in [5, 5.41) is 0. The number of nitrogens with one attached hydrogen (secondary N) is 1. The Kier molecular flexibility index (Phi) is 4.35. The molecular weight excluding hydrogens is 374 g/mol. The van der Waals surface area contributed by atoms with Crippen LogP contribution in [0.1, 0.15) is 5.56 Å². The largest absolute Gasteiger partial charge is 0.493 e. The van der Waals surface area contributed by atoms with Gasteiger partial charge in [-0.2, -0.15) is 0 Å². The van der Waals surface area contributed by atoms with Gasteiger partial charge in [-0.1, -0.05) is 18.2 Å². The lowest BCUT2D eigenvalue weighted by molar-refractivity contribution is 0.223. The first-order valence-corrected chi connectivity index (χ1v) is 9.59. The van der Waals surface area contributed by atoms with E-state index in [2.05, 4.69) is 20.7 Å². The highest BCUT2D eigenvalue weighted by molar-refractivity contribution is 9.11. The Labute approximate surface area is 136 Å². The quantitative estimate of drug-likeness (QED) is 0.876. The first kappa shape index (κ1) is 15.0. The van der Waals surface area contributed by atoms with Crippen molar-refractivity contribution in [2.45, 2.75) is 10.6 Å². The van der Waals surface area contributed by atoms with Gasteiger partial charge in [0, 0.05) is 12.5 Å². The zero-order valence-corrected chi connectivity index (χ0v) is 14.3. The van der Waals surface area contributed by atoms with Gasteiger partial charge in [-0.25, -0.2) is 13.1 Å². The molecule has 4 nitrogen and oxygen atoms in total. The van der Waals surface area contributed by atoms with Crippen LogP contribution in [-0.2, 0) is 16.4 Å². The van der Waals surface area contributed by atoms with Crippen molar-refractivity contribution in [1.82, 2.24) is 4.72 Å². The van der Waals surface area contributed by atoms with Crippen LogP contribution < -0.4 is 9.46 Å². The molecule has 0 fully saturated rings. The topological polar surface area (TPSA) is 55.4 Å². The molecule has 0 spiro atoms. The number of fused-ring (bicyclic) bond motifs is 1. The van der Waals surface area contributed by atoms with Gasteiger partial charge in [0.2, 0.25) is 10.0 Å². The minimum atomic E-state index is -3.43. The highest BCUT2D eigenvalue weighted by Gasteiger charge is 2.23. The van der Waals surface area contributed by atoms with E-state index >= 15 is 0 Å². The van der Waals surface area contributed by atoms with Crippen molar-refractivity contribution in [3.05, 3.63) is 45.7 Å². The van der Waals surface area contributed by atoms with E-state index in [4.69, 9.17) is 4.74 Å². The Morgan fingerprint density at radius 1 is 1.29 bits per heavy atom. The molecule has 1 atom stereocenters. The Balaban J connectivity index is 1.64. The van der Waals surface area contributed by atoms with Crippen LogP contribution in [0, 0.1) is 5.92 Å². The van der Waals surface area contributed by atoms with Crippen molar-refractivity contribution in [2.24, 2.45) is 5.92 Å². The molecule has 112 valence electrons. The van der Waals surface area contributed by atoms with Gasteiger partial charge >= 0.3 is 0 Å². The summed E-state index contributed by atoms with van der Waals surface area (Å²) in [6, 6.07) is 11.2. The summed E-state index contributed by atoms with van der Waals surface area (Å²) in [6.07, 6.45) is 0.826. The smallest absolute Gasteiger partial charge is 0.250 e. The second kappa shape index (κ2) is 6.08. The number of hydrogen-bond donors (Lipinski definition) is 1. The van der Waals surface area contributed by atoms with Gasteiger partial charge in [-0.05, 0) is 46.1 Å². The number of sulfonamides is 1. The fraction of sp³-hybridized carbons (Fsp3) is 0.286. The predicted molar refractivity (Wildman–Crippen MR) is 86.3 cm³/mol. The highest BCUT2D eigenvalue weighted by atomic mass is 79.9. The molecule has 0 bridgehead atoms. The number of ether oxygens (including phenoxy) is 1. The van der Waals surface area contributed by atoms with E-state index in [1.165, 1.54) is 11.3 Å². The summed E-state index contributed by atoms with van der Waals surface area (Å²) in [7, 11) is -3.43. The van der Waals surface area contributed by atoms with Gasteiger partial charge in [-0.3, -0.25) is 0 Å². The second-order valence-corrected chi connectivity index (χ2v) is 9.36. The molecule has 2 heterocycles. The number of halogens is 1. The molecule has 3 rings (SSSR count). The minimum absolute atomic E-state index is 0.151. The predicted octanol–water partition coefficient (Wildman–Crippen LogP) is 3.04. The lowest BCUT2D eigenvalue weighted by Crippen LogP contribution is -2.34. The van der Waals surface area contributed by atoms with Crippen LogP contribution in [0.15, 0.2) is 44.4 Å². The molecule has 0 amide bonds. The van der Waals surface area contributed by atoms with Gasteiger partial charge in [-0.15, -0.1) is 11.3 Å². The highest BCUT2D eigenvalue weighted by Crippen LogP contribution is 2.28. The maximum Gasteiger partial charge on any atom is 0.250 e. The van der Waals surface area contributed by atoms with Gasteiger partial charge in [0.1, 0.15) is 9.96 Å². The standard InChI is InChI=1S/C14H14BrNO3S2/c15-13-5-6-14(20-13)21(17,18)16-8-10-7-11-3-1-2-4-12(11)19-9-10/h1-6,10,16H,7-9H2. The lowest BCUT2D eigenvalue weighted by atomic mass is 9.97. The van der Waals surface area contributed by atoms with Crippen molar-refractivity contribution >= 4 is 37.3 Å². The maximum absolute atomic E-state index is 12.2. The van der Waals surface area contributed by atoms with E-state index in [0.29, 0.717) is 17.4 Å². The molecule has 1 aliphatic heterocycles. The Hall–Kier alpha value is -0.890. The molecule has 7 heteroatoms. The molecule has 0 saturated carbocycles. The molecule has 0 aliphatic carbocycles. The molecule has 1 aromatic heterocycles. The van der Waals surface area contributed by atoms with E-state index in [-0.39, 0.29) is 5.92 Å². The Morgan fingerprint density at radius 2 is 2.10 bits per heavy atom. The summed E-state index contributed by atoms with van der Waals surface area (Å²) in [5.74, 6) is 1.05. The second-order valence-electron chi connectivity index (χ2n) is 4.90. The van der Waals surface area contributed by atoms with Crippen LogP contribution in [0.3, 0.4) is 0 Å². The molecule has 21 heavy (non-hydrogen) atoms. The van der Waals surface area contributed by atoms with E-state index in [1.54, 1.807) is 12.1 Å². The summed E-state index contributed by atoms with van der Waals surface area (Å²) < 4.78 is 33.8. The van der Waals surface area contributed by atoms with Gasteiger partial charge < -0.3 is 4.74 Å². The average Bonchev–Trinajstić information content (AvgIpc) is 2.92. The fourth-order valence-corrected chi connectivity index (χ4v) is 5.43.